The molecule has 0 heterocycles. The fraction of sp³-hybridized carbons (Fsp3) is 0. The van der Waals surface area contributed by atoms with Crippen LogP contribution in [0.2, 0.25) is 0 Å². The van der Waals surface area contributed by atoms with E-state index in [9.17, 15) is 9.59 Å². The summed E-state index contributed by atoms with van der Waals surface area (Å²) in [5, 5.41) is 9.99. The van der Waals surface area contributed by atoms with Crippen LogP contribution in [0.4, 0.5) is 0 Å². The zero-order valence-electron chi connectivity index (χ0n) is 5.05. The van der Waals surface area contributed by atoms with Crippen molar-refractivity contribution in [2.24, 2.45) is 0 Å². The van der Waals surface area contributed by atoms with Crippen molar-refractivity contribution in [3.8, 4) is 12.5 Å². The standard InChI is InChI=1S/C6H5NO3/c1-3-7-5(8)4(2)6(9)10/h1H,2H2,(H,7,8)(H,9,10). The van der Waals surface area contributed by atoms with Crippen molar-refractivity contribution in [1.82, 2.24) is 5.32 Å². The Morgan fingerprint density at radius 2 is 2.10 bits per heavy atom. The van der Waals surface area contributed by atoms with E-state index >= 15 is 0 Å². The molecule has 0 aliphatic heterocycles. The monoisotopic (exact) mass is 139 g/mol. The van der Waals surface area contributed by atoms with Gasteiger partial charge in [-0.05, 0) is 0 Å². The molecule has 10 heavy (non-hydrogen) atoms. The molecule has 0 radical (unpaired) electrons. The number of carbonyl (C=O) groups excluding carboxylic acids is 1. The summed E-state index contributed by atoms with van der Waals surface area (Å²) in [6.45, 7) is 2.97. The maximum Gasteiger partial charge on any atom is 0.340 e. The molecule has 4 nitrogen and oxygen atoms in total. The summed E-state index contributed by atoms with van der Waals surface area (Å²) in [4.78, 5) is 20.4. The van der Waals surface area contributed by atoms with Crippen molar-refractivity contribution < 1.29 is 14.7 Å². The molecular weight excluding hydrogens is 134 g/mol. The summed E-state index contributed by atoms with van der Waals surface area (Å²) in [5.41, 5.74) is -0.571. The molecule has 0 bridgehead atoms. The highest BCUT2D eigenvalue weighted by Crippen LogP contribution is 1.87. The normalized spacial score (nSPS) is 7.50. The number of carboxylic acids is 1. The van der Waals surface area contributed by atoms with E-state index in [1.807, 2.05) is 5.32 Å². The minimum atomic E-state index is -1.38. The molecule has 0 aromatic rings. The van der Waals surface area contributed by atoms with Gasteiger partial charge >= 0.3 is 5.97 Å². The minimum Gasteiger partial charge on any atom is -0.478 e. The second kappa shape index (κ2) is 3.30. The smallest absolute Gasteiger partial charge is 0.340 e. The molecular formula is C6H5NO3. The van der Waals surface area contributed by atoms with Gasteiger partial charge in [-0.1, -0.05) is 13.0 Å². The van der Waals surface area contributed by atoms with E-state index in [1.165, 1.54) is 0 Å². The van der Waals surface area contributed by atoms with Crippen LogP contribution in [-0.2, 0) is 9.59 Å². The zero-order valence-corrected chi connectivity index (χ0v) is 5.05. The van der Waals surface area contributed by atoms with Gasteiger partial charge in [0.25, 0.3) is 5.91 Å². The van der Waals surface area contributed by atoms with Gasteiger partial charge in [0, 0.05) is 6.04 Å². The molecule has 0 atom stereocenters. The molecule has 4 heteroatoms. The van der Waals surface area contributed by atoms with Crippen molar-refractivity contribution in [1.29, 1.82) is 0 Å². The first-order valence-corrected chi connectivity index (χ1v) is 2.27. The van der Waals surface area contributed by atoms with E-state index in [2.05, 4.69) is 13.0 Å². The van der Waals surface area contributed by atoms with Crippen LogP contribution in [0.3, 0.4) is 0 Å². The third kappa shape index (κ3) is 2.01. The maximum absolute atomic E-state index is 10.5. The lowest BCUT2D eigenvalue weighted by Crippen LogP contribution is -2.23. The van der Waals surface area contributed by atoms with Gasteiger partial charge in [-0.25, -0.2) is 4.79 Å². The van der Waals surface area contributed by atoms with E-state index in [-0.39, 0.29) is 0 Å². The van der Waals surface area contributed by atoms with E-state index in [0.717, 1.165) is 0 Å². The third-order valence-corrected chi connectivity index (χ3v) is 0.718. The minimum absolute atomic E-state index is 0.571. The summed E-state index contributed by atoms with van der Waals surface area (Å²) in [7, 11) is 0. The van der Waals surface area contributed by atoms with Gasteiger partial charge in [-0.3, -0.25) is 10.1 Å². The first-order chi connectivity index (χ1) is 4.59. The highest BCUT2D eigenvalue weighted by Gasteiger charge is 2.11. The molecule has 0 rings (SSSR count). The molecule has 52 valence electrons. The number of terminal acetylenes is 1. The van der Waals surface area contributed by atoms with Crippen LogP contribution >= 0.6 is 0 Å². The zero-order chi connectivity index (χ0) is 8.15. The molecule has 0 aliphatic carbocycles. The molecule has 0 aromatic heterocycles. The molecule has 0 spiro atoms. The third-order valence-electron chi connectivity index (χ3n) is 0.718. The number of hydrogen-bond donors (Lipinski definition) is 2. The summed E-state index contributed by atoms with van der Waals surface area (Å²) in [6, 6.07) is 1.78. The molecule has 0 aliphatic rings. The highest BCUT2D eigenvalue weighted by molar-refractivity contribution is 6.15. The number of hydrogen-bond acceptors (Lipinski definition) is 2. The molecule has 0 saturated heterocycles. The van der Waals surface area contributed by atoms with E-state index in [1.54, 1.807) is 6.04 Å². The Morgan fingerprint density at radius 1 is 1.60 bits per heavy atom. The van der Waals surface area contributed by atoms with Gasteiger partial charge < -0.3 is 5.11 Å². The van der Waals surface area contributed by atoms with Crippen LogP contribution in [0.5, 0.6) is 0 Å². The summed E-state index contributed by atoms with van der Waals surface area (Å²) >= 11 is 0. The van der Waals surface area contributed by atoms with E-state index in [0.29, 0.717) is 0 Å². The Kier molecular flexibility index (Phi) is 2.72. The van der Waals surface area contributed by atoms with Crippen LogP contribution in [-0.4, -0.2) is 17.0 Å². The van der Waals surface area contributed by atoms with Gasteiger partial charge in [-0.15, -0.1) is 0 Å². The molecule has 0 fully saturated rings. The predicted octanol–water partition coefficient (Wildman–Crippen LogP) is -0.666. The van der Waals surface area contributed by atoms with E-state index < -0.39 is 17.4 Å². The van der Waals surface area contributed by atoms with Crippen LogP contribution in [0.25, 0.3) is 0 Å². The van der Waals surface area contributed by atoms with Gasteiger partial charge in [0.2, 0.25) is 0 Å². The topological polar surface area (TPSA) is 66.4 Å². The SMILES string of the molecule is C#CNC(=O)C(=C)C(=O)O. The van der Waals surface area contributed by atoms with Crippen molar-refractivity contribution >= 4 is 11.9 Å². The van der Waals surface area contributed by atoms with Gasteiger partial charge in [0.1, 0.15) is 5.57 Å². The Bertz CT molecular complexity index is 224. The fourth-order valence-electron chi connectivity index (χ4n) is 0.238. The number of carboxylic acid groups (broad SMARTS) is 1. The number of nitrogens with one attached hydrogen (secondary N) is 1. The lowest BCUT2D eigenvalue weighted by molar-refractivity contribution is -0.134. The average Bonchev–Trinajstić information content (AvgIpc) is 1.87. The number of aliphatic carboxylic acids is 1. The number of rotatable bonds is 2. The molecule has 0 saturated carbocycles. The Balaban J connectivity index is 4.13. The Morgan fingerprint density at radius 3 is 2.40 bits per heavy atom. The van der Waals surface area contributed by atoms with Crippen molar-refractivity contribution in [2.45, 2.75) is 0 Å². The first-order valence-electron chi connectivity index (χ1n) is 2.27. The van der Waals surface area contributed by atoms with Crippen LogP contribution in [0, 0.1) is 12.5 Å². The highest BCUT2D eigenvalue weighted by atomic mass is 16.4. The molecule has 0 unspecified atom stereocenters. The van der Waals surface area contributed by atoms with Crippen molar-refractivity contribution in [3.05, 3.63) is 12.2 Å². The molecule has 2 N–H and O–H groups in total. The van der Waals surface area contributed by atoms with Gasteiger partial charge in [-0.2, -0.15) is 0 Å². The second-order valence-corrected chi connectivity index (χ2v) is 1.38. The summed E-state index contributed by atoms with van der Waals surface area (Å²) in [6.07, 6.45) is 4.65. The number of amides is 1. The van der Waals surface area contributed by atoms with Crippen LogP contribution in [0.15, 0.2) is 12.2 Å². The average molecular weight is 139 g/mol. The molecule has 1 amide bonds. The summed E-state index contributed by atoms with van der Waals surface area (Å²) in [5.74, 6) is -2.25. The maximum atomic E-state index is 10.5. The largest absolute Gasteiger partial charge is 0.478 e. The van der Waals surface area contributed by atoms with Gasteiger partial charge in [0.15, 0.2) is 0 Å². The molecule has 0 aromatic carbocycles. The fourth-order valence-corrected chi connectivity index (χ4v) is 0.238. The lowest BCUT2D eigenvalue weighted by Gasteiger charge is -1.94. The van der Waals surface area contributed by atoms with Gasteiger partial charge in [0.05, 0.1) is 0 Å². The quantitative estimate of drug-likeness (QED) is 0.175. The van der Waals surface area contributed by atoms with E-state index in [4.69, 9.17) is 5.11 Å². The second-order valence-electron chi connectivity index (χ2n) is 1.38. The van der Waals surface area contributed by atoms with Crippen molar-refractivity contribution in [2.75, 3.05) is 0 Å². The Hall–Kier alpha value is -1.76. The van der Waals surface area contributed by atoms with Crippen LogP contribution in [0.1, 0.15) is 0 Å². The lowest BCUT2D eigenvalue weighted by atomic mass is 10.3. The summed E-state index contributed by atoms with van der Waals surface area (Å²) < 4.78 is 0. The van der Waals surface area contributed by atoms with Crippen molar-refractivity contribution in [3.63, 3.8) is 0 Å². The van der Waals surface area contributed by atoms with Crippen LogP contribution < -0.4 is 5.32 Å². The first kappa shape index (κ1) is 8.24. The Labute approximate surface area is 57.5 Å². The number of carbonyl (C=O) groups is 2. The predicted molar refractivity (Wildman–Crippen MR) is 33.8 cm³/mol.